The van der Waals surface area contributed by atoms with E-state index in [0.29, 0.717) is 24.9 Å². The molecular weight excluding hydrogens is 516 g/mol. The van der Waals surface area contributed by atoms with Crippen molar-refractivity contribution in [2.75, 3.05) is 19.8 Å². The van der Waals surface area contributed by atoms with E-state index >= 15 is 0 Å². The van der Waals surface area contributed by atoms with Gasteiger partial charge in [0, 0.05) is 24.3 Å². The Morgan fingerprint density at radius 3 is 2.53 bits per heavy atom. The van der Waals surface area contributed by atoms with Crippen molar-refractivity contribution in [3.63, 3.8) is 0 Å². The van der Waals surface area contributed by atoms with Gasteiger partial charge in [0.25, 0.3) is 0 Å². The van der Waals surface area contributed by atoms with Crippen LogP contribution in [0, 0.1) is 17.8 Å². The predicted molar refractivity (Wildman–Crippen MR) is 139 cm³/mol. The maximum Gasteiger partial charge on any atom is 0.408 e. The van der Waals surface area contributed by atoms with E-state index in [4.69, 9.17) is 9.47 Å². The van der Waals surface area contributed by atoms with Gasteiger partial charge in [-0.15, -0.1) is 11.8 Å². The van der Waals surface area contributed by atoms with Crippen LogP contribution in [0.15, 0.2) is 12.2 Å². The summed E-state index contributed by atoms with van der Waals surface area (Å²) in [5, 5.41) is 54.1. The van der Waals surface area contributed by atoms with Crippen LogP contribution < -0.4 is 5.32 Å². The number of thioether (sulfide) groups is 1. The molecule has 4 aliphatic rings. The Hall–Kier alpha value is -1.41. The highest BCUT2D eigenvalue weighted by Gasteiger charge is 2.52. The lowest BCUT2D eigenvalue weighted by Gasteiger charge is -2.44. The van der Waals surface area contributed by atoms with E-state index in [9.17, 15) is 35.1 Å². The Labute approximate surface area is 227 Å². The highest BCUT2D eigenvalue weighted by Crippen LogP contribution is 2.38. The van der Waals surface area contributed by atoms with Crippen LogP contribution in [0.4, 0.5) is 4.79 Å². The van der Waals surface area contributed by atoms with Crippen LogP contribution in [0.25, 0.3) is 0 Å². The Balaban J connectivity index is 1.55. The van der Waals surface area contributed by atoms with Crippen molar-refractivity contribution >= 4 is 23.8 Å². The second kappa shape index (κ2) is 12.8. The molecule has 0 aromatic carbocycles. The molecule has 0 aliphatic carbocycles. The normalized spacial score (nSPS) is 41.9. The topological polar surface area (TPSA) is 169 Å². The minimum atomic E-state index is -1.51. The number of hydrogen-bond acceptors (Lipinski definition) is 9. The number of nitrogens with zero attached hydrogens (tertiary/aromatic N) is 1. The number of carboxylic acid groups (broad SMARTS) is 1. The largest absolute Gasteiger partial charge is 0.465 e. The molecule has 6 N–H and O–H groups in total. The van der Waals surface area contributed by atoms with Gasteiger partial charge in [-0.3, -0.25) is 9.69 Å². The Bertz CT molecular complexity index is 861. The molecule has 11 atom stereocenters. The molecule has 3 saturated heterocycles. The number of amides is 2. The number of ether oxygens (including phenoxy) is 2. The van der Waals surface area contributed by atoms with Crippen LogP contribution in [-0.4, -0.2) is 115 Å². The van der Waals surface area contributed by atoms with Gasteiger partial charge in [-0.1, -0.05) is 26.0 Å². The van der Waals surface area contributed by atoms with Crippen molar-refractivity contribution in [2.45, 2.75) is 99.2 Å². The van der Waals surface area contributed by atoms with E-state index in [1.807, 2.05) is 12.2 Å². The number of likely N-dealkylation sites (tertiary alicyclic amines) is 1. The summed E-state index contributed by atoms with van der Waals surface area (Å²) in [4.78, 5) is 27.0. The first-order valence-electron chi connectivity index (χ1n) is 13.6. The minimum absolute atomic E-state index is 0.0956. The number of carbonyl (C=O) groups is 2. The predicted octanol–water partition coefficient (Wildman–Crippen LogP) is 0.543. The third-order valence-corrected chi connectivity index (χ3v) is 9.54. The average Bonchev–Trinajstić information content (AvgIpc) is 3.12. The van der Waals surface area contributed by atoms with Gasteiger partial charge in [0.2, 0.25) is 5.91 Å². The molecule has 0 spiro atoms. The van der Waals surface area contributed by atoms with Crippen LogP contribution >= 0.6 is 11.8 Å². The molecule has 0 unspecified atom stereocenters. The number of nitrogens with one attached hydrogen (secondary N) is 1. The highest BCUT2D eigenvalue weighted by atomic mass is 32.2. The Kier molecular flexibility index (Phi) is 9.99. The molecular formula is C26H42N2O9S. The SMILES string of the molecule is CC(C)C[C@@H]1CCO[C@@H]2[C@@H](C1)CN(C(=O)O)[C@@H]2C(=O)N[C@@H]1CC=CC[C@H](CO)S[C@H]2O[C@H]1[C@H](O)[C@H](O)[C@H]2O. The van der Waals surface area contributed by atoms with Crippen molar-refractivity contribution in [1.82, 2.24) is 10.2 Å². The van der Waals surface area contributed by atoms with Crippen LogP contribution in [0.5, 0.6) is 0 Å². The first kappa shape index (κ1) is 29.6. The molecule has 0 saturated carbocycles. The number of carbonyl (C=O) groups excluding carboxylic acids is 1. The molecule has 3 fully saturated rings. The third-order valence-electron chi connectivity index (χ3n) is 8.15. The maximum atomic E-state index is 13.7. The molecule has 2 amide bonds. The molecule has 11 nitrogen and oxygen atoms in total. The first-order valence-corrected chi connectivity index (χ1v) is 14.6. The van der Waals surface area contributed by atoms with Crippen molar-refractivity contribution in [3.8, 4) is 0 Å². The molecule has 4 heterocycles. The Morgan fingerprint density at radius 1 is 1.11 bits per heavy atom. The molecule has 2 bridgehead atoms. The summed E-state index contributed by atoms with van der Waals surface area (Å²) in [6, 6.07) is -1.84. The molecule has 0 radical (unpaired) electrons. The van der Waals surface area contributed by atoms with E-state index in [1.54, 1.807) is 0 Å². The fraction of sp³-hybridized carbons (Fsp3) is 0.846. The van der Waals surface area contributed by atoms with Crippen molar-refractivity contribution < 1.29 is 44.6 Å². The average molecular weight is 559 g/mol. The van der Waals surface area contributed by atoms with E-state index in [0.717, 1.165) is 24.2 Å². The number of aliphatic hydroxyl groups is 4. The molecule has 12 heteroatoms. The van der Waals surface area contributed by atoms with Crippen LogP contribution in [0.1, 0.15) is 46.0 Å². The standard InChI is InChI=1S/C26H42N2O9S/c1-13(2)9-14-7-8-36-22-15(10-14)11-28(26(34)35)18(22)24(33)27-17-6-4-3-5-16(12-29)38-25-21(32)19(30)20(31)23(17)37-25/h3-4,13-23,25,29-32H,5-12H2,1-2H3,(H,27,33)(H,34,35)/t14-,15-,16+,17+,18-,19-,20+,21+,22+,23+,25+/m0/s1. The second-order valence-corrected chi connectivity index (χ2v) is 12.8. The lowest BCUT2D eigenvalue weighted by atomic mass is 9.85. The number of allylic oxidation sites excluding steroid dienone is 1. The minimum Gasteiger partial charge on any atom is -0.465 e. The smallest absolute Gasteiger partial charge is 0.408 e. The van der Waals surface area contributed by atoms with Crippen LogP contribution in [0.3, 0.4) is 0 Å². The van der Waals surface area contributed by atoms with E-state index < -0.39 is 60.0 Å². The highest BCUT2D eigenvalue weighted by molar-refractivity contribution is 8.00. The fourth-order valence-corrected chi connectivity index (χ4v) is 7.54. The summed E-state index contributed by atoms with van der Waals surface area (Å²) in [7, 11) is 0. The van der Waals surface area contributed by atoms with E-state index in [-0.39, 0.29) is 30.7 Å². The summed E-state index contributed by atoms with van der Waals surface area (Å²) in [6.45, 7) is 4.85. The second-order valence-electron chi connectivity index (χ2n) is 11.4. The number of hydrogen-bond donors (Lipinski definition) is 6. The number of rotatable bonds is 5. The molecule has 4 aliphatic heterocycles. The van der Waals surface area contributed by atoms with Gasteiger partial charge in [0.1, 0.15) is 35.9 Å². The third kappa shape index (κ3) is 6.48. The van der Waals surface area contributed by atoms with Crippen molar-refractivity contribution in [2.24, 2.45) is 17.8 Å². The lowest BCUT2D eigenvalue weighted by molar-refractivity contribution is -0.205. The summed E-state index contributed by atoms with van der Waals surface area (Å²) in [5.41, 5.74) is -0.920. The van der Waals surface area contributed by atoms with Crippen LogP contribution in [-0.2, 0) is 14.3 Å². The maximum absolute atomic E-state index is 13.7. The zero-order valence-corrected chi connectivity index (χ0v) is 22.8. The van der Waals surface area contributed by atoms with Crippen molar-refractivity contribution in [3.05, 3.63) is 12.2 Å². The monoisotopic (exact) mass is 558 g/mol. The lowest BCUT2D eigenvalue weighted by Crippen LogP contribution is -2.64. The summed E-state index contributed by atoms with van der Waals surface area (Å²) in [5.74, 6) is 0.286. The Morgan fingerprint density at radius 2 is 1.84 bits per heavy atom. The van der Waals surface area contributed by atoms with Gasteiger partial charge < -0.3 is 40.3 Å². The van der Waals surface area contributed by atoms with E-state index in [2.05, 4.69) is 19.2 Å². The molecule has 0 aromatic heterocycles. The van der Waals surface area contributed by atoms with Gasteiger partial charge in [-0.2, -0.15) is 0 Å². The number of fused-ring (bicyclic) bond motifs is 3. The van der Waals surface area contributed by atoms with Gasteiger partial charge in [-0.05, 0) is 43.9 Å². The zero-order chi connectivity index (χ0) is 27.6. The quantitative estimate of drug-likeness (QED) is 0.262. The molecule has 38 heavy (non-hydrogen) atoms. The number of aliphatic hydroxyl groups excluding tert-OH is 4. The zero-order valence-electron chi connectivity index (χ0n) is 22.0. The summed E-state index contributed by atoms with van der Waals surface area (Å²) in [6.07, 6.45) is -0.0929. The first-order chi connectivity index (χ1) is 18.1. The summed E-state index contributed by atoms with van der Waals surface area (Å²) >= 11 is 1.17. The van der Waals surface area contributed by atoms with Crippen LogP contribution in [0.2, 0.25) is 0 Å². The molecule has 0 aromatic rings. The molecule has 216 valence electrons. The van der Waals surface area contributed by atoms with Gasteiger partial charge in [0.15, 0.2) is 0 Å². The van der Waals surface area contributed by atoms with E-state index in [1.165, 1.54) is 11.8 Å². The van der Waals surface area contributed by atoms with Crippen molar-refractivity contribution in [1.29, 1.82) is 0 Å². The van der Waals surface area contributed by atoms with Gasteiger partial charge in [0.05, 0.1) is 18.8 Å². The van der Waals surface area contributed by atoms with Gasteiger partial charge in [-0.25, -0.2) is 4.79 Å². The molecule has 4 rings (SSSR count). The summed E-state index contributed by atoms with van der Waals surface area (Å²) < 4.78 is 12.1. The van der Waals surface area contributed by atoms with Gasteiger partial charge >= 0.3 is 6.09 Å². The fourth-order valence-electron chi connectivity index (χ4n) is 6.34.